The minimum Gasteiger partial charge on any atom is -0.493 e. The lowest BCUT2D eigenvalue weighted by atomic mass is 10.2. The van der Waals surface area contributed by atoms with Crippen LogP contribution < -0.4 is 14.2 Å². The van der Waals surface area contributed by atoms with Crippen molar-refractivity contribution in [3.05, 3.63) is 50.1 Å². The molecule has 6 nitrogen and oxygen atoms in total. The van der Waals surface area contributed by atoms with Crippen LogP contribution in [0, 0.1) is 13.7 Å². The molecule has 0 spiro atoms. The van der Waals surface area contributed by atoms with E-state index in [-0.39, 0.29) is 17.2 Å². The van der Waals surface area contributed by atoms with Gasteiger partial charge in [0.15, 0.2) is 11.5 Å². The molecule has 0 unspecified atom stereocenters. The maximum atomic E-state index is 11.2. The third-order valence-corrected chi connectivity index (χ3v) is 3.42. The van der Waals surface area contributed by atoms with Crippen LogP contribution in [0.3, 0.4) is 0 Å². The van der Waals surface area contributed by atoms with Gasteiger partial charge in [-0.2, -0.15) is 0 Å². The third-order valence-electron chi connectivity index (χ3n) is 2.70. The van der Waals surface area contributed by atoms with Crippen LogP contribution >= 0.6 is 22.6 Å². The molecule has 110 valence electrons. The van der Waals surface area contributed by atoms with Gasteiger partial charge in [-0.15, -0.1) is 0 Å². The SMILES string of the molecule is COc1cc(Oc2ccc(I)cc2)c([N+](=O)[O-])cc1OC. The zero-order valence-electron chi connectivity index (χ0n) is 11.3. The highest BCUT2D eigenvalue weighted by molar-refractivity contribution is 14.1. The van der Waals surface area contributed by atoms with Crippen molar-refractivity contribution in [1.29, 1.82) is 0 Å². The molecule has 0 aromatic heterocycles. The number of halogens is 1. The number of benzene rings is 2. The van der Waals surface area contributed by atoms with Crippen LogP contribution in [0.5, 0.6) is 23.0 Å². The Labute approximate surface area is 134 Å². The Bertz CT molecular complexity index is 657. The highest BCUT2D eigenvalue weighted by atomic mass is 127. The number of ether oxygens (including phenoxy) is 3. The molecule has 0 radical (unpaired) electrons. The third kappa shape index (κ3) is 3.54. The van der Waals surface area contributed by atoms with Gasteiger partial charge >= 0.3 is 5.69 Å². The van der Waals surface area contributed by atoms with E-state index in [1.54, 1.807) is 12.1 Å². The van der Waals surface area contributed by atoms with Crippen LogP contribution in [-0.4, -0.2) is 19.1 Å². The molecule has 2 aromatic rings. The summed E-state index contributed by atoms with van der Waals surface area (Å²) in [5, 5.41) is 11.2. The van der Waals surface area contributed by atoms with E-state index in [1.807, 2.05) is 12.1 Å². The molecule has 0 saturated carbocycles. The predicted molar refractivity (Wildman–Crippen MR) is 85.4 cm³/mol. The Morgan fingerprint density at radius 3 is 2.10 bits per heavy atom. The molecule has 0 heterocycles. The summed E-state index contributed by atoms with van der Waals surface area (Å²) in [5.41, 5.74) is -0.189. The molecular weight excluding hydrogens is 389 g/mol. The van der Waals surface area contributed by atoms with Crippen molar-refractivity contribution in [2.45, 2.75) is 0 Å². The van der Waals surface area contributed by atoms with Crippen molar-refractivity contribution in [1.82, 2.24) is 0 Å². The summed E-state index contributed by atoms with van der Waals surface area (Å²) in [6, 6.07) is 9.89. The van der Waals surface area contributed by atoms with Crippen LogP contribution in [0.4, 0.5) is 5.69 Å². The minimum atomic E-state index is -0.524. The maximum Gasteiger partial charge on any atom is 0.315 e. The molecule has 0 aliphatic rings. The molecule has 0 saturated heterocycles. The van der Waals surface area contributed by atoms with E-state index in [4.69, 9.17) is 14.2 Å². The van der Waals surface area contributed by atoms with Gasteiger partial charge in [-0.05, 0) is 46.9 Å². The summed E-state index contributed by atoms with van der Waals surface area (Å²) in [6.45, 7) is 0. The highest BCUT2D eigenvalue weighted by Gasteiger charge is 2.21. The number of nitrogens with zero attached hydrogens (tertiary/aromatic N) is 1. The standard InChI is InChI=1S/C14H12INO5/c1-19-13-7-11(16(17)18)12(8-14(13)20-2)21-10-5-3-9(15)4-6-10/h3-8H,1-2H3. The van der Waals surface area contributed by atoms with Gasteiger partial charge in [0.25, 0.3) is 0 Å². The molecular formula is C14H12INO5. The fourth-order valence-electron chi connectivity index (χ4n) is 1.70. The van der Waals surface area contributed by atoms with Gasteiger partial charge in [-0.1, -0.05) is 0 Å². The Hall–Kier alpha value is -2.03. The van der Waals surface area contributed by atoms with Crippen LogP contribution in [0.2, 0.25) is 0 Å². The summed E-state index contributed by atoms with van der Waals surface area (Å²) in [7, 11) is 2.87. The summed E-state index contributed by atoms with van der Waals surface area (Å²) < 4.78 is 16.8. The summed E-state index contributed by atoms with van der Waals surface area (Å²) in [6.07, 6.45) is 0. The van der Waals surface area contributed by atoms with Crippen molar-refractivity contribution in [2.24, 2.45) is 0 Å². The lowest BCUT2D eigenvalue weighted by Crippen LogP contribution is -1.97. The monoisotopic (exact) mass is 401 g/mol. The quantitative estimate of drug-likeness (QED) is 0.430. The molecule has 0 fully saturated rings. The lowest BCUT2D eigenvalue weighted by molar-refractivity contribution is -0.385. The van der Waals surface area contributed by atoms with Crippen molar-refractivity contribution < 1.29 is 19.1 Å². The van der Waals surface area contributed by atoms with Gasteiger partial charge in [0, 0.05) is 9.64 Å². The van der Waals surface area contributed by atoms with Crippen molar-refractivity contribution in [3.8, 4) is 23.0 Å². The van der Waals surface area contributed by atoms with Gasteiger partial charge < -0.3 is 14.2 Å². The fourth-order valence-corrected chi connectivity index (χ4v) is 2.06. The van der Waals surface area contributed by atoms with E-state index >= 15 is 0 Å². The average Bonchev–Trinajstić information content (AvgIpc) is 2.48. The highest BCUT2D eigenvalue weighted by Crippen LogP contribution is 2.40. The van der Waals surface area contributed by atoms with E-state index in [0.717, 1.165) is 3.57 Å². The smallest absolute Gasteiger partial charge is 0.315 e. The maximum absolute atomic E-state index is 11.2. The minimum absolute atomic E-state index is 0.0962. The second-order valence-corrected chi connectivity index (χ2v) is 5.23. The van der Waals surface area contributed by atoms with E-state index < -0.39 is 4.92 Å². The van der Waals surface area contributed by atoms with Crippen molar-refractivity contribution in [3.63, 3.8) is 0 Å². The van der Waals surface area contributed by atoms with E-state index in [9.17, 15) is 10.1 Å². The van der Waals surface area contributed by atoms with Gasteiger partial charge in [0.05, 0.1) is 25.2 Å². The first kappa shape index (κ1) is 15.4. The van der Waals surface area contributed by atoms with Crippen LogP contribution in [0.25, 0.3) is 0 Å². The molecule has 2 aromatic carbocycles. The van der Waals surface area contributed by atoms with Gasteiger partial charge in [0.1, 0.15) is 5.75 Å². The summed E-state index contributed by atoms with van der Waals surface area (Å²) >= 11 is 2.17. The molecule has 0 atom stereocenters. The number of methoxy groups -OCH3 is 2. The van der Waals surface area contributed by atoms with Crippen molar-refractivity contribution >= 4 is 28.3 Å². The number of nitro benzene ring substituents is 1. The van der Waals surface area contributed by atoms with Gasteiger partial charge in [-0.3, -0.25) is 10.1 Å². The molecule has 2 rings (SSSR count). The molecule has 7 heteroatoms. The molecule has 0 amide bonds. The lowest BCUT2D eigenvalue weighted by Gasteiger charge is -2.11. The zero-order valence-corrected chi connectivity index (χ0v) is 13.5. The normalized spacial score (nSPS) is 10.0. The average molecular weight is 401 g/mol. The largest absolute Gasteiger partial charge is 0.493 e. The van der Waals surface area contributed by atoms with E-state index in [0.29, 0.717) is 11.5 Å². The first-order chi connectivity index (χ1) is 10.0. The molecule has 0 bridgehead atoms. The second kappa shape index (κ2) is 6.61. The predicted octanol–water partition coefficient (Wildman–Crippen LogP) is 4.01. The number of hydrogen-bond acceptors (Lipinski definition) is 5. The second-order valence-electron chi connectivity index (χ2n) is 3.99. The first-order valence-corrected chi connectivity index (χ1v) is 6.97. The number of hydrogen-bond donors (Lipinski definition) is 0. The molecule has 0 aliphatic heterocycles. The molecule has 0 N–H and O–H groups in total. The number of nitro groups is 1. The Balaban J connectivity index is 2.45. The molecule has 0 aliphatic carbocycles. The topological polar surface area (TPSA) is 70.8 Å². The van der Waals surface area contributed by atoms with Gasteiger partial charge in [0.2, 0.25) is 5.75 Å². The van der Waals surface area contributed by atoms with Crippen LogP contribution in [0.15, 0.2) is 36.4 Å². The van der Waals surface area contributed by atoms with E-state index in [2.05, 4.69) is 22.6 Å². The Morgan fingerprint density at radius 2 is 1.57 bits per heavy atom. The summed E-state index contributed by atoms with van der Waals surface area (Å²) in [5.74, 6) is 1.24. The Kier molecular flexibility index (Phi) is 4.84. The van der Waals surface area contributed by atoms with Crippen LogP contribution in [-0.2, 0) is 0 Å². The van der Waals surface area contributed by atoms with Gasteiger partial charge in [-0.25, -0.2) is 0 Å². The summed E-state index contributed by atoms with van der Waals surface area (Å²) in [4.78, 5) is 10.6. The molecule has 21 heavy (non-hydrogen) atoms. The Morgan fingerprint density at radius 1 is 1.00 bits per heavy atom. The van der Waals surface area contributed by atoms with E-state index in [1.165, 1.54) is 26.4 Å². The van der Waals surface area contributed by atoms with Crippen LogP contribution in [0.1, 0.15) is 0 Å². The fraction of sp³-hybridized carbons (Fsp3) is 0.143. The first-order valence-electron chi connectivity index (χ1n) is 5.89. The zero-order chi connectivity index (χ0) is 15.4. The number of rotatable bonds is 5. The van der Waals surface area contributed by atoms with Crippen molar-refractivity contribution in [2.75, 3.05) is 14.2 Å².